The predicted molar refractivity (Wildman–Crippen MR) is 94.4 cm³/mol. The van der Waals surface area contributed by atoms with Gasteiger partial charge in [-0.05, 0) is 37.8 Å². The van der Waals surface area contributed by atoms with E-state index in [4.69, 9.17) is 10.5 Å². The number of carbonyl (C=O) groups excluding carboxylic acids is 1. The van der Waals surface area contributed by atoms with Gasteiger partial charge in [0.15, 0.2) is 0 Å². The first-order valence-electron chi connectivity index (χ1n) is 8.84. The molecule has 6 nitrogen and oxygen atoms in total. The van der Waals surface area contributed by atoms with Crippen molar-refractivity contribution in [3.63, 3.8) is 0 Å². The maximum atomic E-state index is 12.8. The van der Waals surface area contributed by atoms with Crippen LogP contribution in [0.15, 0.2) is 36.5 Å². The van der Waals surface area contributed by atoms with E-state index in [0.29, 0.717) is 24.6 Å². The van der Waals surface area contributed by atoms with E-state index < -0.39 is 0 Å². The summed E-state index contributed by atoms with van der Waals surface area (Å²) in [6, 6.07) is 9.71. The fourth-order valence-electron chi connectivity index (χ4n) is 3.19. The molecular weight excluding hydrogens is 316 g/mol. The molecule has 1 saturated heterocycles. The molecule has 130 valence electrons. The van der Waals surface area contributed by atoms with Gasteiger partial charge in [0.2, 0.25) is 0 Å². The number of nitrogens with zero attached hydrogens (tertiary/aromatic N) is 3. The number of benzene rings is 1. The third kappa shape index (κ3) is 3.57. The molecule has 2 aromatic rings. The van der Waals surface area contributed by atoms with Crippen molar-refractivity contribution in [2.75, 3.05) is 18.8 Å². The summed E-state index contributed by atoms with van der Waals surface area (Å²) in [7, 11) is 0. The van der Waals surface area contributed by atoms with Crippen LogP contribution in [0.5, 0.6) is 5.75 Å². The van der Waals surface area contributed by atoms with Gasteiger partial charge in [-0.1, -0.05) is 18.2 Å². The SMILES string of the molecule is Nc1nc(C2CC2)ncc1C(=O)N1CCCC(Oc2ccccc2)C1. The maximum Gasteiger partial charge on any atom is 0.259 e. The zero-order valence-electron chi connectivity index (χ0n) is 14.1. The van der Waals surface area contributed by atoms with E-state index in [1.54, 1.807) is 11.1 Å². The van der Waals surface area contributed by atoms with E-state index in [9.17, 15) is 4.79 Å². The fraction of sp³-hybridized carbons (Fsp3) is 0.421. The van der Waals surface area contributed by atoms with E-state index in [2.05, 4.69) is 9.97 Å². The molecule has 0 bridgehead atoms. The van der Waals surface area contributed by atoms with E-state index in [1.165, 1.54) is 0 Å². The van der Waals surface area contributed by atoms with Gasteiger partial charge in [0.1, 0.15) is 29.1 Å². The van der Waals surface area contributed by atoms with Crippen LogP contribution in [-0.2, 0) is 0 Å². The molecule has 4 rings (SSSR count). The topological polar surface area (TPSA) is 81.3 Å². The molecule has 2 aliphatic rings. The molecule has 25 heavy (non-hydrogen) atoms. The Morgan fingerprint density at radius 3 is 2.72 bits per heavy atom. The number of likely N-dealkylation sites (tertiary alicyclic amines) is 1. The molecule has 1 saturated carbocycles. The number of amides is 1. The molecule has 1 unspecified atom stereocenters. The Balaban J connectivity index is 1.44. The lowest BCUT2D eigenvalue weighted by molar-refractivity contribution is 0.0538. The van der Waals surface area contributed by atoms with Crippen LogP contribution in [0.2, 0.25) is 0 Å². The standard InChI is InChI=1S/C19H22N4O2/c20-17-16(11-21-18(22-17)13-8-9-13)19(24)23-10-4-7-15(12-23)25-14-5-2-1-3-6-14/h1-3,5-6,11,13,15H,4,7-10,12H2,(H2,20,21,22). The van der Waals surface area contributed by atoms with Crippen molar-refractivity contribution in [2.45, 2.75) is 37.7 Å². The number of rotatable bonds is 4. The van der Waals surface area contributed by atoms with Crippen LogP contribution >= 0.6 is 0 Å². The molecule has 0 spiro atoms. The summed E-state index contributed by atoms with van der Waals surface area (Å²) < 4.78 is 6.00. The van der Waals surface area contributed by atoms with Gasteiger partial charge in [0, 0.05) is 18.7 Å². The lowest BCUT2D eigenvalue weighted by atomic mass is 10.1. The van der Waals surface area contributed by atoms with Crippen LogP contribution < -0.4 is 10.5 Å². The summed E-state index contributed by atoms with van der Waals surface area (Å²) in [5.74, 6) is 2.19. The largest absolute Gasteiger partial charge is 0.489 e. The van der Waals surface area contributed by atoms with Crippen molar-refractivity contribution in [1.82, 2.24) is 14.9 Å². The van der Waals surface area contributed by atoms with Crippen molar-refractivity contribution in [3.8, 4) is 5.75 Å². The molecule has 1 aliphatic heterocycles. The van der Waals surface area contributed by atoms with Crippen molar-refractivity contribution >= 4 is 11.7 Å². The molecule has 1 amide bonds. The number of anilines is 1. The Bertz CT molecular complexity index is 761. The summed E-state index contributed by atoms with van der Waals surface area (Å²) in [4.78, 5) is 23.3. The van der Waals surface area contributed by atoms with Crippen LogP contribution in [0.4, 0.5) is 5.82 Å². The molecule has 1 aliphatic carbocycles. The van der Waals surface area contributed by atoms with E-state index in [0.717, 1.165) is 37.3 Å². The minimum atomic E-state index is -0.110. The van der Waals surface area contributed by atoms with Gasteiger partial charge < -0.3 is 15.4 Å². The van der Waals surface area contributed by atoms with Crippen molar-refractivity contribution in [1.29, 1.82) is 0 Å². The number of aromatic nitrogens is 2. The van der Waals surface area contributed by atoms with Gasteiger partial charge in [-0.25, -0.2) is 9.97 Å². The molecule has 1 atom stereocenters. The van der Waals surface area contributed by atoms with Gasteiger partial charge in [0.25, 0.3) is 5.91 Å². The highest BCUT2D eigenvalue weighted by Gasteiger charge is 2.30. The van der Waals surface area contributed by atoms with Crippen molar-refractivity contribution in [2.24, 2.45) is 0 Å². The van der Waals surface area contributed by atoms with Gasteiger partial charge >= 0.3 is 0 Å². The number of nitrogens with two attached hydrogens (primary N) is 1. The lowest BCUT2D eigenvalue weighted by Crippen LogP contribution is -2.44. The van der Waals surface area contributed by atoms with E-state index in [1.807, 2.05) is 30.3 Å². The average molecular weight is 338 g/mol. The smallest absolute Gasteiger partial charge is 0.259 e. The van der Waals surface area contributed by atoms with Crippen LogP contribution in [0.1, 0.15) is 47.8 Å². The zero-order valence-corrected chi connectivity index (χ0v) is 14.1. The summed E-state index contributed by atoms with van der Waals surface area (Å²) >= 11 is 0. The zero-order chi connectivity index (χ0) is 17.2. The third-order valence-corrected chi connectivity index (χ3v) is 4.72. The third-order valence-electron chi connectivity index (χ3n) is 4.72. The Kier molecular flexibility index (Phi) is 4.26. The lowest BCUT2D eigenvalue weighted by Gasteiger charge is -2.33. The van der Waals surface area contributed by atoms with Crippen molar-refractivity contribution < 1.29 is 9.53 Å². The maximum absolute atomic E-state index is 12.8. The Labute approximate surface area is 147 Å². The highest BCUT2D eigenvalue weighted by Crippen LogP contribution is 2.38. The number of hydrogen-bond acceptors (Lipinski definition) is 5. The molecule has 1 aromatic heterocycles. The van der Waals surface area contributed by atoms with Crippen LogP contribution in [0, 0.1) is 0 Å². The number of carbonyl (C=O) groups is 1. The fourth-order valence-corrected chi connectivity index (χ4v) is 3.19. The second-order valence-corrected chi connectivity index (χ2v) is 6.75. The van der Waals surface area contributed by atoms with E-state index >= 15 is 0 Å². The highest BCUT2D eigenvalue weighted by molar-refractivity contribution is 5.98. The first-order valence-corrected chi connectivity index (χ1v) is 8.84. The number of nitrogen functional groups attached to an aromatic ring is 1. The normalized spacial score (nSPS) is 20.3. The van der Waals surface area contributed by atoms with Crippen LogP contribution in [0.3, 0.4) is 0 Å². The molecular formula is C19H22N4O2. The highest BCUT2D eigenvalue weighted by atomic mass is 16.5. The Hall–Kier alpha value is -2.63. The quantitative estimate of drug-likeness (QED) is 0.927. The molecule has 6 heteroatoms. The number of piperidine rings is 1. The Morgan fingerprint density at radius 1 is 1.20 bits per heavy atom. The summed E-state index contributed by atoms with van der Waals surface area (Å²) in [5.41, 5.74) is 6.42. The van der Waals surface area contributed by atoms with Crippen LogP contribution in [-0.4, -0.2) is 40.0 Å². The predicted octanol–water partition coefficient (Wildman–Crippen LogP) is 2.62. The van der Waals surface area contributed by atoms with Gasteiger partial charge in [-0.2, -0.15) is 0 Å². The van der Waals surface area contributed by atoms with Gasteiger partial charge in [-0.3, -0.25) is 4.79 Å². The molecule has 2 fully saturated rings. The molecule has 1 aromatic carbocycles. The minimum absolute atomic E-state index is 0.00650. The number of hydrogen-bond donors (Lipinski definition) is 1. The Morgan fingerprint density at radius 2 is 2.00 bits per heavy atom. The summed E-state index contributed by atoms with van der Waals surface area (Å²) in [6.45, 7) is 1.26. The number of para-hydroxylation sites is 1. The van der Waals surface area contributed by atoms with Crippen molar-refractivity contribution in [3.05, 3.63) is 47.9 Å². The summed E-state index contributed by atoms with van der Waals surface area (Å²) in [5, 5.41) is 0. The minimum Gasteiger partial charge on any atom is -0.489 e. The first kappa shape index (κ1) is 15.9. The number of ether oxygens (including phenoxy) is 1. The second-order valence-electron chi connectivity index (χ2n) is 6.75. The van der Waals surface area contributed by atoms with E-state index in [-0.39, 0.29) is 17.8 Å². The van der Waals surface area contributed by atoms with Gasteiger partial charge in [0.05, 0.1) is 6.54 Å². The van der Waals surface area contributed by atoms with Gasteiger partial charge in [-0.15, -0.1) is 0 Å². The molecule has 0 radical (unpaired) electrons. The first-order chi connectivity index (χ1) is 12.2. The monoisotopic (exact) mass is 338 g/mol. The molecule has 2 N–H and O–H groups in total. The average Bonchev–Trinajstić information content (AvgIpc) is 3.47. The second kappa shape index (κ2) is 6.70. The summed E-state index contributed by atoms with van der Waals surface area (Å²) in [6.07, 6.45) is 5.64. The van der Waals surface area contributed by atoms with Crippen LogP contribution in [0.25, 0.3) is 0 Å². The molecule has 2 heterocycles.